The SMILES string of the molecule is COC(=O)/C=C/C1=CN(CCc2ccccc2)[C@@H](C)O[C@H]1C. The molecule has 118 valence electrons. The van der Waals surface area contributed by atoms with Gasteiger partial charge in [0, 0.05) is 18.8 Å². The minimum Gasteiger partial charge on any atom is -0.466 e. The predicted molar refractivity (Wildman–Crippen MR) is 86.1 cm³/mol. The van der Waals surface area contributed by atoms with Crippen LogP contribution in [0.15, 0.2) is 54.3 Å². The van der Waals surface area contributed by atoms with Crippen LogP contribution in [0.25, 0.3) is 0 Å². The Morgan fingerprint density at radius 3 is 2.73 bits per heavy atom. The van der Waals surface area contributed by atoms with E-state index in [1.807, 2.05) is 32.0 Å². The zero-order valence-corrected chi connectivity index (χ0v) is 13.4. The third-order valence-electron chi connectivity index (χ3n) is 3.77. The van der Waals surface area contributed by atoms with Crippen LogP contribution in [0.3, 0.4) is 0 Å². The molecule has 0 bridgehead atoms. The average molecular weight is 301 g/mol. The summed E-state index contributed by atoms with van der Waals surface area (Å²) in [6, 6.07) is 10.4. The number of carbonyl (C=O) groups is 1. The van der Waals surface area contributed by atoms with Crippen molar-refractivity contribution in [3.63, 3.8) is 0 Å². The molecular weight excluding hydrogens is 278 g/mol. The van der Waals surface area contributed by atoms with Crippen LogP contribution in [0.5, 0.6) is 0 Å². The van der Waals surface area contributed by atoms with Gasteiger partial charge in [-0.2, -0.15) is 0 Å². The molecule has 0 amide bonds. The summed E-state index contributed by atoms with van der Waals surface area (Å²) < 4.78 is 10.5. The highest BCUT2D eigenvalue weighted by molar-refractivity contribution is 5.82. The number of rotatable bonds is 5. The van der Waals surface area contributed by atoms with E-state index in [1.165, 1.54) is 18.7 Å². The first kappa shape index (κ1) is 16.3. The van der Waals surface area contributed by atoms with Crippen LogP contribution < -0.4 is 0 Å². The maximum Gasteiger partial charge on any atom is 0.330 e. The molecular formula is C18H23NO3. The third kappa shape index (κ3) is 4.46. The normalized spacial score (nSPS) is 21.8. The molecule has 0 aliphatic carbocycles. The van der Waals surface area contributed by atoms with Gasteiger partial charge in [0.15, 0.2) is 0 Å². The molecule has 2 rings (SSSR count). The number of methoxy groups -OCH3 is 1. The van der Waals surface area contributed by atoms with E-state index in [2.05, 4.69) is 28.0 Å². The Hall–Kier alpha value is -2.07. The largest absolute Gasteiger partial charge is 0.466 e. The molecule has 0 saturated carbocycles. The number of esters is 1. The van der Waals surface area contributed by atoms with Gasteiger partial charge in [0.25, 0.3) is 0 Å². The lowest BCUT2D eigenvalue weighted by Crippen LogP contribution is -2.39. The van der Waals surface area contributed by atoms with E-state index >= 15 is 0 Å². The molecule has 1 aliphatic heterocycles. The van der Waals surface area contributed by atoms with Crippen LogP contribution in [0.2, 0.25) is 0 Å². The van der Waals surface area contributed by atoms with Gasteiger partial charge in [-0.3, -0.25) is 0 Å². The van der Waals surface area contributed by atoms with E-state index in [1.54, 1.807) is 6.08 Å². The highest BCUT2D eigenvalue weighted by atomic mass is 16.5. The molecule has 0 fully saturated rings. The van der Waals surface area contributed by atoms with Gasteiger partial charge in [-0.15, -0.1) is 0 Å². The van der Waals surface area contributed by atoms with E-state index in [9.17, 15) is 4.79 Å². The highest BCUT2D eigenvalue weighted by Crippen LogP contribution is 2.21. The van der Waals surface area contributed by atoms with Crippen LogP contribution in [0.4, 0.5) is 0 Å². The topological polar surface area (TPSA) is 38.8 Å². The molecule has 1 aliphatic rings. The standard InChI is InChI=1S/C18H23NO3/c1-14-17(9-10-18(20)21-3)13-19(15(2)22-14)12-11-16-7-5-4-6-8-16/h4-10,13-15H,11-12H2,1-3H3/b10-9+/t14-,15+/m0/s1. The van der Waals surface area contributed by atoms with Crippen molar-refractivity contribution >= 4 is 5.97 Å². The third-order valence-corrected chi connectivity index (χ3v) is 3.77. The Labute approximate surface area is 132 Å². The highest BCUT2D eigenvalue weighted by Gasteiger charge is 2.22. The zero-order valence-electron chi connectivity index (χ0n) is 13.4. The van der Waals surface area contributed by atoms with Gasteiger partial charge in [-0.25, -0.2) is 4.79 Å². The first-order valence-corrected chi connectivity index (χ1v) is 7.53. The molecule has 1 aromatic carbocycles. The van der Waals surface area contributed by atoms with E-state index in [-0.39, 0.29) is 18.3 Å². The summed E-state index contributed by atoms with van der Waals surface area (Å²) >= 11 is 0. The van der Waals surface area contributed by atoms with Crippen molar-refractivity contribution in [1.82, 2.24) is 4.90 Å². The van der Waals surface area contributed by atoms with Crippen LogP contribution >= 0.6 is 0 Å². The lowest BCUT2D eigenvalue weighted by atomic mass is 10.1. The summed E-state index contributed by atoms with van der Waals surface area (Å²) in [7, 11) is 1.37. The first-order chi connectivity index (χ1) is 10.6. The lowest BCUT2D eigenvalue weighted by molar-refractivity contribution is -0.134. The Kier molecular flexibility index (Phi) is 5.78. The van der Waals surface area contributed by atoms with E-state index in [4.69, 9.17) is 4.74 Å². The van der Waals surface area contributed by atoms with Crippen LogP contribution in [0, 0.1) is 0 Å². The summed E-state index contributed by atoms with van der Waals surface area (Å²) in [4.78, 5) is 13.4. The minimum absolute atomic E-state index is 0.0222. The molecule has 0 unspecified atom stereocenters. The van der Waals surface area contributed by atoms with Crippen molar-refractivity contribution < 1.29 is 14.3 Å². The van der Waals surface area contributed by atoms with Crippen LogP contribution in [-0.4, -0.2) is 36.9 Å². The molecule has 0 radical (unpaired) electrons. The Morgan fingerprint density at radius 1 is 1.32 bits per heavy atom. The van der Waals surface area contributed by atoms with Crippen molar-refractivity contribution in [2.24, 2.45) is 0 Å². The van der Waals surface area contributed by atoms with Gasteiger partial charge in [0.1, 0.15) is 6.23 Å². The summed E-state index contributed by atoms with van der Waals surface area (Å²) in [5.74, 6) is -0.359. The second kappa shape index (κ2) is 7.80. The molecule has 0 saturated heterocycles. The molecule has 2 atom stereocenters. The van der Waals surface area contributed by atoms with Crippen molar-refractivity contribution in [1.29, 1.82) is 0 Å². The molecule has 0 aromatic heterocycles. The summed E-state index contributed by atoms with van der Waals surface area (Å²) in [6.45, 7) is 4.89. The lowest BCUT2D eigenvalue weighted by Gasteiger charge is -2.36. The van der Waals surface area contributed by atoms with Crippen molar-refractivity contribution in [2.75, 3.05) is 13.7 Å². The van der Waals surface area contributed by atoms with Gasteiger partial charge in [0.05, 0.1) is 13.2 Å². The van der Waals surface area contributed by atoms with Gasteiger partial charge >= 0.3 is 5.97 Å². The van der Waals surface area contributed by atoms with Crippen molar-refractivity contribution in [3.05, 3.63) is 59.8 Å². The Balaban J connectivity index is 2.04. The molecule has 0 N–H and O–H groups in total. The van der Waals surface area contributed by atoms with Crippen LogP contribution in [0.1, 0.15) is 19.4 Å². The quantitative estimate of drug-likeness (QED) is 0.619. The Bertz CT molecular complexity index is 551. The molecule has 4 heteroatoms. The summed E-state index contributed by atoms with van der Waals surface area (Å²) in [6.07, 6.45) is 6.20. The maximum atomic E-state index is 11.2. The van der Waals surface area contributed by atoms with E-state index in [0.29, 0.717) is 0 Å². The van der Waals surface area contributed by atoms with Gasteiger partial charge < -0.3 is 14.4 Å². The molecule has 0 spiro atoms. The molecule has 22 heavy (non-hydrogen) atoms. The number of ether oxygens (including phenoxy) is 2. The van der Waals surface area contributed by atoms with Gasteiger partial charge in [-0.1, -0.05) is 30.3 Å². The maximum absolute atomic E-state index is 11.2. The zero-order chi connectivity index (χ0) is 15.9. The molecule has 1 aromatic rings. The van der Waals surface area contributed by atoms with E-state index in [0.717, 1.165) is 18.5 Å². The number of nitrogens with zero attached hydrogens (tertiary/aromatic N) is 1. The summed E-state index contributed by atoms with van der Waals surface area (Å²) in [5, 5.41) is 0. The Morgan fingerprint density at radius 2 is 2.05 bits per heavy atom. The molecule has 4 nitrogen and oxygen atoms in total. The van der Waals surface area contributed by atoms with Gasteiger partial charge in [-0.05, 0) is 37.5 Å². The second-order valence-corrected chi connectivity index (χ2v) is 5.34. The van der Waals surface area contributed by atoms with Crippen LogP contribution in [-0.2, 0) is 20.7 Å². The fraction of sp³-hybridized carbons (Fsp3) is 0.389. The monoisotopic (exact) mass is 301 g/mol. The predicted octanol–water partition coefficient (Wildman–Crippen LogP) is 2.91. The van der Waals surface area contributed by atoms with Crippen molar-refractivity contribution in [2.45, 2.75) is 32.6 Å². The smallest absolute Gasteiger partial charge is 0.330 e. The number of hydrogen-bond acceptors (Lipinski definition) is 4. The average Bonchev–Trinajstić information content (AvgIpc) is 2.53. The first-order valence-electron chi connectivity index (χ1n) is 7.53. The number of benzene rings is 1. The fourth-order valence-electron chi connectivity index (χ4n) is 2.41. The fourth-order valence-corrected chi connectivity index (χ4v) is 2.41. The second-order valence-electron chi connectivity index (χ2n) is 5.34. The number of carbonyl (C=O) groups excluding carboxylic acids is 1. The minimum atomic E-state index is -0.359. The van der Waals surface area contributed by atoms with Gasteiger partial charge in [0.2, 0.25) is 0 Å². The summed E-state index contributed by atoms with van der Waals surface area (Å²) in [5.41, 5.74) is 2.27. The van der Waals surface area contributed by atoms with Crippen molar-refractivity contribution in [3.8, 4) is 0 Å². The number of hydrogen-bond donors (Lipinski definition) is 0. The van der Waals surface area contributed by atoms with E-state index < -0.39 is 0 Å². The molecule has 1 heterocycles.